The zero-order chi connectivity index (χ0) is 27.7. The smallest absolute Gasteiger partial charge is 0.180 e. The van der Waals surface area contributed by atoms with Gasteiger partial charge in [0.1, 0.15) is 23.0 Å². The second kappa shape index (κ2) is 8.63. The lowest BCUT2D eigenvalue weighted by Crippen LogP contribution is -2.45. The molecule has 7 nitrogen and oxygen atoms in total. The molecule has 1 fully saturated rings. The molecule has 0 bridgehead atoms. The molecule has 2 aliphatic heterocycles. The zero-order valence-corrected chi connectivity index (χ0v) is 22.6. The average Bonchev–Trinajstić information content (AvgIpc) is 3.37. The van der Waals surface area contributed by atoms with Gasteiger partial charge in [0.05, 0.1) is 26.5 Å². The number of benzene rings is 3. The van der Waals surface area contributed by atoms with Crippen molar-refractivity contribution in [3.63, 3.8) is 0 Å². The van der Waals surface area contributed by atoms with Crippen LogP contribution in [-0.4, -0.2) is 48.8 Å². The average molecular weight is 523 g/mol. The second-order valence-corrected chi connectivity index (χ2v) is 11.4. The van der Waals surface area contributed by atoms with Crippen LogP contribution in [0.5, 0.6) is 11.5 Å². The molecular weight excluding hydrogens is 492 g/mol. The number of ketones is 3. The van der Waals surface area contributed by atoms with Crippen LogP contribution in [0.4, 0.5) is 0 Å². The summed E-state index contributed by atoms with van der Waals surface area (Å²) in [6, 6.07) is 18.2. The third kappa shape index (κ3) is 3.28. The largest absolute Gasteiger partial charge is 0.497 e. The van der Waals surface area contributed by atoms with Crippen LogP contribution in [0.1, 0.15) is 70.1 Å². The van der Waals surface area contributed by atoms with Gasteiger partial charge in [-0.05, 0) is 29.3 Å². The van der Waals surface area contributed by atoms with E-state index in [4.69, 9.17) is 14.6 Å². The van der Waals surface area contributed by atoms with Crippen LogP contribution < -0.4 is 9.47 Å². The van der Waals surface area contributed by atoms with E-state index in [1.165, 1.54) is 0 Å². The van der Waals surface area contributed by atoms with E-state index in [2.05, 4.69) is 0 Å². The Labute approximate surface area is 227 Å². The first-order chi connectivity index (χ1) is 18.7. The van der Waals surface area contributed by atoms with Crippen molar-refractivity contribution >= 4 is 23.6 Å². The molecule has 39 heavy (non-hydrogen) atoms. The topological polar surface area (TPSA) is 85.3 Å². The summed E-state index contributed by atoms with van der Waals surface area (Å²) in [5.74, 6) is -0.608. The summed E-state index contributed by atoms with van der Waals surface area (Å²) in [6.45, 7) is 5.55. The number of fused-ring (bicyclic) bond motifs is 5. The molecule has 0 radical (unpaired) electrons. The van der Waals surface area contributed by atoms with Crippen molar-refractivity contribution in [3.05, 3.63) is 94.5 Å². The van der Waals surface area contributed by atoms with E-state index in [9.17, 15) is 14.4 Å². The maximum atomic E-state index is 14.8. The van der Waals surface area contributed by atoms with Crippen LogP contribution in [0.15, 0.2) is 71.8 Å². The standard InChI is InChI=1S/C32H30N2O5/c1-31(2,3)30(37)26-25(23-16-19(38-4)14-15-24(23)39-5)32(28(35)21-12-8-9-13-22(21)29(32)36)27-20-11-7-6-10-18(20)17-33-34(26)27/h6-17,25-27H,1-5H3. The molecule has 1 spiro atoms. The fraction of sp³-hybridized carbons (Fsp3) is 0.312. The molecule has 7 heteroatoms. The number of hydrogen-bond acceptors (Lipinski definition) is 7. The Bertz CT molecular complexity index is 1530. The molecule has 0 saturated carbocycles. The second-order valence-electron chi connectivity index (χ2n) is 11.4. The highest BCUT2D eigenvalue weighted by molar-refractivity contribution is 6.31. The van der Waals surface area contributed by atoms with E-state index < -0.39 is 28.8 Å². The van der Waals surface area contributed by atoms with Gasteiger partial charge in [-0.15, -0.1) is 0 Å². The van der Waals surface area contributed by atoms with E-state index in [-0.39, 0.29) is 17.3 Å². The molecule has 0 N–H and O–H groups in total. The molecule has 3 atom stereocenters. The summed E-state index contributed by atoms with van der Waals surface area (Å²) >= 11 is 0. The number of hydrogen-bond donors (Lipinski definition) is 0. The van der Waals surface area contributed by atoms with Crippen molar-refractivity contribution in [2.75, 3.05) is 14.2 Å². The van der Waals surface area contributed by atoms with Gasteiger partial charge in [-0.1, -0.05) is 69.3 Å². The Morgan fingerprint density at radius 3 is 2.13 bits per heavy atom. The van der Waals surface area contributed by atoms with Crippen molar-refractivity contribution in [1.29, 1.82) is 0 Å². The highest BCUT2D eigenvalue weighted by Gasteiger charge is 2.73. The van der Waals surface area contributed by atoms with Gasteiger partial charge < -0.3 is 9.47 Å². The highest BCUT2D eigenvalue weighted by atomic mass is 16.5. The lowest BCUT2D eigenvalue weighted by atomic mass is 9.62. The Morgan fingerprint density at radius 1 is 0.872 bits per heavy atom. The van der Waals surface area contributed by atoms with Crippen LogP contribution in [-0.2, 0) is 4.79 Å². The van der Waals surface area contributed by atoms with Crippen molar-refractivity contribution in [1.82, 2.24) is 5.01 Å². The predicted molar refractivity (Wildman–Crippen MR) is 147 cm³/mol. The molecule has 3 aliphatic rings. The first kappa shape index (κ1) is 25.0. The normalized spacial score (nSPS) is 22.5. The maximum absolute atomic E-state index is 14.8. The number of hydrazone groups is 1. The monoisotopic (exact) mass is 522 g/mol. The van der Waals surface area contributed by atoms with Crippen LogP contribution in [0.2, 0.25) is 0 Å². The fourth-order valence-electron chi connectivity index (χ4n) is 6.65. The third-order valence-electron chi connectivity index (χ3n) is 8.36. The Kier molecular flexibility index (Phi) is 5.54. The summed E-state index contributed by atoms with van der Waals surface area (Å²) in [6.07, 6.45) is 1.71. The number of carbonyl (C=O) groups excluding carboxylic acids is 3. The molecule has 3 aromatic carbocycles. The van der Waals surface area contributed by atoms with E-state index in [1.807, 2.05) is 45.0 Å². The van der Waals surface area contributed by atoms with E-state index in [0.717, 1.165) is 11.1 Å². The number of methoxy groups -OCH3 is 2. The Hall–Kier alpha value is -4.26. The first-order valence-electron chi connectivity index (χ1n) is 13.0. The van der Waals surface area contributed by atoms with Gasteiger partial charge in [0.2, 0.25) is 0 Å². The molecule has 3 aromatic rings. The summed E-state index contributed by atoms with van der Waals surface area (Å²) in [5.41, 5.74) is 0.470. The summed E-state index contributed by atoms with van der Waals surface area (Å²) in [7, 11) is 3.10. The minimum absolute atomic E-state index is 0.118. The first-order valence-corrected chi connectivity index (χ1v) is 13.0. The van der Waals surface area contributed by atoms with Gasteiger partial charge in [0.25, 0.3) is 0 Å². The lowest BCUT2D eigenvalue weighted by molar-refractivity contribution is -0.131. The molecule has 198 valence electrons. The predicted octanol–water partition coefficient (Wildman–Crippen LogP) is 5.24. The van der Waals surface area contributed by atoms with Crippen LogP contribution >= 0.6 is 0 Å². The van der Waals surface area contributed by atoms with Crippen molar-refractivity contribution < 1.29 is 23.9 Å². The molecular formula is C32H30N2O5. The Balaban J connectivity index is 1.75. The summed E-state index contributed by atoms with van der Waals surface area (Å²) in [5, 5.41) is 6.49. The number of carbonyl (C=O) groups is 3. The van der Waals surface area contributed by atoms with Crippen molar-refractivity contribution in [2.24, 2.45) is 15.9 Å². The Morgan fingerprint density at radius 2 is 1.51 bits per heavy atom. The van der Waals surface area contributed by atoms with Gasteiger partial charge in [-0.2, -0.15) is 5.10 Å². The van der Waals surface area contributed by atoms with Crippen LogP contribution in [0.25, 0.3) is 0 Å². The SMILES string of the molecule is COc1ccc(OC)c(C2C(C(=O)C(C)(C)C)N3N=Cc4ccccc4C3C23C(=O)c2ccccc2C3=O)c1. The lowest BCUT2D eigenvalue weighted by Gasteiger charge is -2.36. The number of Topliss-reactive ketones (excluding diaryl/α,β-unsaturated/α-hetero) is 3. The molecule has 3 unspecified atom stereocenters. The van der Waals surface area contributed by atoms with Gasteiger partial charge in [0, 0.05) is 28.0 Å². The minimum atomic E-state index is -1.65. The molecule has 0 amide bonds. The number of nitrogens with zero attached hydrogens (tertiary/aromatic N) is 2. The van der Waals surface area contributed by atoms with E-state index >= 15 is 0 Å². The van der Waals surface area contributed by atoms with E-state index in [0.29, 0.717) is 28.2 Å². The molecule has 6 rings (SSSR count). The zero-order valence-electron chi connectivity index (χ0n) is 22.6. The molecule has 2 heterocycles. The summed E-state index contributed by atoms with van der Waals surface area (Å²) in [4.78, 5) is 43.9. The van der Waals surface area contributed by atoms with E-state index in [1.54, 1.807) is 67.9 Å². The van der Waals surface area contributed by atoms with Gasteiger partial charge in [0.15, 0.2) is 17.3 Å². The fourth-order valence-corrected chi connectivity index (χ4v) is 6.65. The highest BCUT2D eigenvalue weighted by Crippen LogP contribution is 2.66. The minimum Gasteiger partial charge on any atom is -0.497 e. The van der Waals surface area contributed by atoms with Crippen LogP contribution in [0.3, 0.4) is 0 Å². The van der Waals surface area contributed by atoms with Crippen LogP contribution in [0, 0.1) is 10.8 Å². The number of ether oxygens (including phenoxy) is 2. The molecule has 1 aliphatic carbocycles. The molecule has 0 aromatic heterocycles. The molecule has 1 saturated heterocycles. The van der Waals surface area contributed by atoms with Gasteiger partial charge in [-0.25, -0.2) is 0 Å². The van der Waals surface area contributed by atoms with Crippen molar-refractivity contribution in [3.8, 4) is 11.5 Å². The number of rotatable bonds is 4. The quantitative estimate of drug-likeness (QED) is 0.436. The maximum Gasteiger partial charge on any atom is 0.180 e. The van der Waals surface area contributed by atoms with Crippen molar-refractivity contribution in [2.45, 2.75) is 38.8 Å². The summed E-state index contributed by atoms with van der Waals surface area (Å²) < 4.78 is 11.4. The third-order valence-corrected chi connectivity index (χ3v) is 8.36. The van der Waals surface area contributed by atoms with Gasteiger partial charge in [-0.3, -0.25) is 19.4 Å². The van der Waals surface area contributed by atoms with Gasteiger partial charge >= 0.3 is 0 Å².